The molecule has 0 saturated heterocycles. The summed E-state index contributed by atoms with van der Waals surface area (Å²) in [6.07, 6.45) is 0.643. The molecule has 0 radical (unpaired) electrons. The maximum absolute atomic E-state index is 15.2. The second kappa shape index (κ2) is 10.8. The lowest BCUT2D eigenvalue weighted by atomic mass is 9.98. The molecule has 0 aliphatic carbocycles. The van der Waals surface area contributed by atoms with Gasteiger partial charge in [0.1, 0.15) is 29.7 Å². The Morgan fingerprint density at radius 2 is 1.73 bits per heavy atom. The largest absolute Gasteiger partial charge is 0.497 e. The van der Waals surface area contributed by atoms with Crippen molar-refractivity contribution in [2.75, 3.05) is 12.0 Å². The maximum atomic E-state index is 15.2. The third-order valence-electron chi connectivity index (χ3n) is 6.38. The smallest absolute Gasteiger partial charge is 0.249 e. The van der Waals surface area contributed by atoms with Crippen LogP contribution < -0.4 is 15.0 Å². The first-order chi connectivity index (χ1) is 17.7. The van der Waals surface area contributed by atoms with Crippen molar-refractivity contribution in [3.05, 3.63) is 84.2 Å². The van der Waals surface area contributed by atoms with Gasteiger partial charge in [-0.05, 0) is 62.7 Å². The van der Waals surface area contributed by atoms with Gasteiger partial charge in [-0.15, -0.1) is 5.10 Å². The van der Waals surface area contributed by atoms with Crippen LogP contribution in [0.2, 0.25) is 0 Å². The highest BCUT2D eigenvalue weighted by molar-refractivity contribution is 6.01. The van der Waals surface area contributed by atoms with Crippen molar-refractivity contribution >= 4 is 28.5 Å². The molecule has 0 aliphatic heterocycles. The minimum Gasteiger partial charge on any atom is -0.497 e. The second-order valence-electron chi connectivity index (χ2n) is 9.35. The fourth-order valence-electron chi connectivity index (χ4n) is 4.00. The van der Waals surface area contributed by atoms with E-state index in [0.29, 0.717) is 28.9 Å². The van der Waals surface area contributed by atoms with Crippen LogP contribution in [0.25, 0.3) is 11.0 Å². The summed E-state index contributed by atoms with van der Waals surface area (Å²) < 4.78 is 21.9. The lowest BCUT2D eigenvalue weighted by Gasteiger charge is -2.34. The standard InChI is InChI=1S/C28H30FN5O3/c1-5-28(2,3)30-27(36)26(21-10-6-7-11-22(21)29)34(19-14-16-20(37-4)17-15-19)25(35)18-33-24-13-9-8-12-23(24)31-32-33/h6-17,26H,5,18H2,1-4H3,(H,30,36). The molecule has 3 aromatic carbocycles. The number of aromatic nitrogens is 3. The predicted molar refractivity (Wildman–Crippen MR) is 140 cm³/mol. The first-order valence-electron chi connectivity index (χ1n) is 12.0. The Morgan fingerprint density at radius 3 is 2.41 bits per heavy atom. The Bertz CT molecular complexity index is 1400. The molecule has 1 heterocycles. The van der Waals surface area contributed by atoms with Crippen LogP contribution in [0.4, 0.5) is 10.1 Å². The molecule has 0 bridgehead atoms. The number of rotatable bonds is 9. The monoisotopic (exact) mass is 503 g/mol. The van der Waals surface area contributed by atoms with Gasteiger partial charge in [0, 0.05) is 16.8 Å². The topological polar surface area (TPSA) is 89.4 Å². The Morgan fingerprint density at radius 1 is 1.05 bits per heavy atom. The van der Waals surface area contributed by atoms with Gasteiger partial charge < -0.3 is 10.1 Å². The first-order valence-corrected chi connectivity index (χ1v) is 12.0. The fraction of sp³-hybridized carbons (Fsp3) is 0.286. The molecular weight excluding hydrogens is 473 g/mol. The van der Waals surface area contributed by atoms with E-state index in [1.165, 1.54) is 28.8 Å². The number of amides is 2. The fourth-order valence-corrected chi connectivity index (χ4v) is 4.00. The van der Waals surface area contributed by atoms with Crippen molar-refractivity contribution in [2.45, 2.75) is 45.3 Å². The number of carbonyl (C=O) groups is 2. The summed E-state index contributed by atoms with van der Waals surface area (Å²) in [6, 6.07) is 18.7. The number of halogens is 1. The van der Waals surface area contributed by atoms with Gasteiger partial charge >= 0.3 is 0 Å². The molecule has 0 fully saturated rings. The molecule has 9 heteroatoms. The van der Waals surface area contributed by atoms with E-state index in [2.05, 4.69) is 15.6 Å². The number of ether oxygens (including phenoxy) is 1. The van der Waals surface area contributed by atoms with Gasteiger partial charge in [0.2, 0.25) is 11.8 Å². The van der Waals surface area contributed by atoms with Crippen molar-refractivity contribution in [3.8, 4) is 5.75 Å². The number of nitrogens with zero attached hydrogens (tertiary/aromatic N) is 4. The van der Waals surface area contributed by atoms with E-state index in [1.54, 1.807) is 42.5 Å². The number of anilines is 1. The highest BCUT2D eigenvalue weighted by Crippen LogP contribution is 2.32. The van der Waals surface area contributed by atoms with E-state index in [1.807, 2.05) is 39.0 Å². The van der Waals surface area contributed by atoms with Crippen LogP contribution in [0.1, 0.15) is 38.8 Å². The summed E-state index contributed by atoms with van der Waals surface area (Å²) in [5.74, 6) is -0.963. The number of hydrogen-bond donors (Lipinski definition) is 1. The van der Waals surface area contributed by atoms with Gasteiger partial charge in [-0.3, -0.25) is 14.5 Å². The molecule has 0 spiro atoms. The van der Waals surface area contributed by atoms with Crippen molar-refractivity contribution in [1.82, 2.24) is 20.3 Å². The molecular formula is C28H30FN5O3. The zero-order chi connectivity index (χ0) is 26.6. The molecule has 1 aromatic heterocycles. The minimum atomic E-state index is -1.28. The van der Waals surface area contributed by atoms with Gasteiger partial charge in [0.05, 0.1) is 12.6 Å². The number of hydrogen-bond acceptors (Lipinski definition) is 5. The summed E-state index contributed by atoms with van der Waals surface area (Å²) >= 11 is 0. The molecule has 0 aliphatic rings. The van der Waals surface area contributed by atoms with Gasteiger partial charge in [-0.1, -0.05) is 42.5 Å². The van der Waals surface area contributed by atoms with Gasteiger partial charge in [0.15, 0.2) is 0 Å². The van der Waals surface area contributed by atoms with E-state index in [0.717, 1.165) is 0 Å². The van der Waals surface area contributed by atoms with Crippen molar-refractivity contribution < 1.29 is 18.7 Å². The van der Waals surface area contributed by atoms with E-state index in [-0.39, 0.29) is 12.1 Å². The van der Waals surface area contributed by atoms with Crippen LogP contribution in [0.3, 0.4) is 0 Å². The van der Waals surface area contributed by atoms with Crippen molar-refractivity contribution in [3.63, 3.8) is 0 Å². The summed E-state index contributed by atoms with van der Waals surface area (Å²) in [5.41, 5.74) is 1.23. The van der Waals surface area contributed by atoms with Crippen LogP contribution in [-0.2, 0) is 16.1 Å². The van der Waals surface area contributed by atoms with Crippen LogP contribution in [0, 0.1) is 5.82 Å². The van der Waals surface area contributed by atoms with E-state index in [9.17, 15) is 9.59 Å². The number of fused-ring (bicyclic) bond motifs is 1. The molecule has 0 saturated carbocycles. The summed E-state index contributed by atoms with van der Waals surface area (Å²) in [7, 11) is 1.54. The van der Waals surface area contributed by atoms with E-state index >= 15 is 4.39 Å². The molecule has 37 heavy (non-hydrogen) atoms. The number of carbonyl (C=O) groups excluding carboxylic acids is 2. The molecule has 4 rings (SSSR count). The summed E-state index contributed by atoms with van der Waals surface area (Å²) in [5, 5.41) is 11.2. The van der Waals surface area contributed by atoms with Crippen molar-refractivity contribution in [2.24, 2.45) is 0 Å². The molecule has 4 aromatic rings. The molecule has 192 valence electrons. The Labute approximate surface area is 215 Å². The number of nitrogens with one attached hydrogen (secondary N) is 1. The summed E-state index contributed by atoms with van der Waals surface area (Å²) in [4.78, 5) is 29.1. The average Bonchev–Trinajstić information content (AvgIpc) is 3.30. The third-order valence-corrected chi connectivity index (χ3v) is 6.38. The lowest BCUT2D eigenvalue weighted by Crippen LogP contribution is -2.51. The zero-order valence-electron chi connectivity index (χ0n) is 21.3. The predicted octanol–water partition coefficient (Wildman–Crippen LogP) is 4.66. The summed E-state index contributed by atoms with van der Waals surface area (Å²) in [6.45, 7) is 5.50. The van der Waals surface area contributed by atoms with Gasteiger partial charge in [0.25, 0.3) is 0 Å². The number of benzene rings is 3. The van der Waals surface area contributed by atoms with Crippen LogP contribution >= 0.6 is 0 Å². The normalized spacial score (nSPS) is 12.2. The molecule has 1 unspecified atom stereocenters. The van der Waals surface area contributed by atoms with Gasteiger partial charge in [-0.25, -0.2) is 9.07 Å². The van der Waals surface area contributed by atoms with E-state index in [4.69, 9.17) is 4.74 Å². The first kappa shape index (κ1) is 25.8. The minimum absolute atomic E-state index is 0.0829. The van der Waals surface area contributed by atoms with Crippen LogP contribution in [-0.4, -0.2) is 39.5 Å². The highest BCUT2D eigenvalue weighted by Gasteiger charge is 2.36. The Kier molecular flexibility index (Phi) is 7.52. The Balaban J connectivity index is 1.83. The third kappa shape index (κ3) is 5.61. The second-order valence-corrected chi connectivity index (χ2v) is 9.35. The SMILES string of the molecule is CCC(C)(C)NC(=O)C(c1ccccc1F)N(C(=O)Cn1nnc2ccccc21)c1ccc(OC)cc1. The zero-order valence-corrected chi connectivity index (χ0v) is 21.3. The molecule has 8 nitrogen and oxygen atoms in total. The Hall–Kier alpha value is -4.27. The van der Waals surface area contributed by atoms with Crippen molar-refractivity contribution in [1.29, 1.82) is 0 Å². The average molecular weight is 504 g/mol. The van der Waals surface area contributed by atoms with Crippen LogP contribution in [0.15, 0.2) is 72.8 Å². The highest BCUT2D eigenvalue weighted by atomic mass is 19.1. The molecule has 2 amide bonds. The van der Waals surface area contributed by atoms with Gasteiger partial charge in [-0.2, -0.15) is 0 Å². The lowest BCUT2D eigenvalue weighted by molar-refractivity contribution is -0.128. The maximum Gasteiger partial charge on any atom is 0.249 e. The number of para-hydroxylation sites is 1. The number of methoxy groups -OCH3 is 1. The molecule has 1 N–H and O–H groups in total. The van der Waals surface area contributed by atoms with Crippen LogP contribution in [0.5, 0.6) is 5.75 Å². The quantitative estimate of drug-likeness (QED) is 0.359. The van der Waals surface area contributed by atoms with E-state index < -0.39 is 29.2 Å². The molecule has 1 atom stereocenters.